The first-order chi connectivity index (χ1) is 13.4. The van der Waals surface area contributed by atoms with Crippen LogP contribution in [0.25, 0.3) is 0 Å². The largest absolute Gasteiger partial charge is 0.507 e. The summed E-state index contributed by atoms with van der Waals surface area (Å²) in [5.74, 6) is 0.971. The predicted molar refractivity (Wildman–Crippen MR) is 106 cm³/mol. The molecule has 4 rings (SSSR count). The molecule has 0 amide bonds. The molecule has 1 fully saturated rings. The van der Waals surface area contributed by atoms with E-state index in [4.69, 9.17) is 14.2 Å². The van der Waals surface area contributed by atoms with Crippen LogP contribution in [0.4, 0.5) is 5.69 Å². The molecule has 1 N–H and O–H groups in total. The number of ketones is 1. The molecule has 0 bridgehead atoms. The van der Waals surface area contributed by atoms with Gasteiger partial charge in [-0.15, -0.1) is 0 Å². The van der Waals surface area contributed by atoms with Gasteiger partial charge in [0, 0.05) is 30.9 Å². The number of carbonyl (C=O) groups excluding carboxylic acids is 1. The number of anilines is 1. The summed E-state index contributed by atoms with van der Waals surface area (Å²) >= 11 is 0. The molecule has 2 aromatic carbocycles. The van der Waals surface area contributed by atoms with E-state index in [0.29, 0.717) is 19.0 Å². The molecular formula is C22H25NO5. The van der Waals surface area contributed by atoms with Crippen LogP contribution < -0.4 is 14.4 Å². The van der Waals surface area contributed by atoms with Crippen LogP contribution in [-0.4, -0.2) is 49.4 Å². The summed E-state index contributed by atoms with van der Waals surface area (Å²) in [6, 6.07) is 11.2. The SMILES string of the molecule is Cc1ccc(OCC2(C)CC(=O)c3c(O)cc(N4CCOCC4)cc3O2)cc1. The summed E-state index contributed by atoms with van der Waals surface area (Å²) in [5.41, 5.74) is 1.44. The van der Waals surface area contributed by atoms with Gasteiger partial charge in [-0.3, -0.25) is 4.79 Å². The Balaban J connectivity index is 1.56. The summed E-state index contributed by atoms with van der Waals surface area (Å²) in [5, 5.41) is 10.5. The Morgan fingerprint density at radius 2 is 1.89 bits per heavy atom. The Morgan fingerprint density at radius 1 is 1.18 bits per heavy atom. The van der Waals surface area contributed by atoms with Gasteiger partial charge in [0.15, 0.2) is 5.78 Å². The first-order valence-corrected chi connectivity index (χ1v) is 9.55. The zero-order valence-corrected chi connectivity index (χ0v) is 16.2. The second-order valence-corrected chi connectivity index (χ2v) is 7.69. The van der Waals surface area contributed by atoms with E-state index in [0.717, 1.165) is 30.1 Å². The van der Waals surface area contributed by atoms with Gasteiger partial charge in [-0.2, -0.15) is 0 Å². The van der Waals surface area contributed by atoms with Crippen molar-refractivity contribution >= 4 is 11.5 Å². The third-order valence-electron chi connectivity index (χ3n) is 5.18. The first kappa shape index (κ1) is 18.6. The lowest BCUT2D eigenvalue weighted by Crippen LogP contribution is -2.44. The number of hydrogen-bond donors (Lipinski definition) is 1. The third-order valence-corrected chi connectivity index (χ3v) is 5.18. The van der Waals surface area contributed by atoms with Crippen LogP contribution in [0.2, 0.25) is 0 Å². The normalized spacial score (nSPS) is 21.8. The van der Waals surface area contributed by atoms with Crippen molar-refractivity contribution in [3.8, 4) is 17.2 Å². The monoisotopic (exact) mass is 383 g/mol. The molecule has 2 aromatic rings. The molecule has 6 nitrogen and oxygen atoms in total. The lowest BCUT2D eigenvalue weighted by molar-refractivity contribution is 0.0186. The molecule has 1 atom stereocenters. The van der Waals surface area contributed by atoms with Crippen LogP contribution in [0.3, 0.4) is 0 Å². The van der Waals surface area contributed by atoms with Gasteiger partial charge < -0.3 is 24.2 Å². The van der Waals surface area contributed by atoms with Crippen molar-refractivity contribution in [3.63, 3.8) is 0 Å². The van der Waals surface area contributed by atoms with Gasteiger partial charge >= 0.3 is 0 Å². The number of phenolic OH excluding ortho intramolecular Hbond substituents is 1. The minimum absolute atomic E-state index is 0.0366. The fourth-order valence-electron chi connectivity index (χ4n) is 3.63. The molecule has 2 heterocycles. The maximum Gasteiger partial charge on any atom is 0.174 e. The second-order valence-electron chi connectivity index (χ2n) is 7.69. The van der Waals surface area contributed by atoms with Crippen molar-refractivity contribution in [2.24, 2.45) is 0 Å². The second kappa shape index (κ2) is 7.36. The third kappa shape index (κ3) is 3.78. The van der Waals surface area contributed by atoms with E-state index in [9.17, 15) is 9.90 Å². The number of morpholine rings is 1. The number of aryl methyl sites for hydroxylation is 1. The molecule has 2 aliphatic rings. The van der Waals surface area contributed by atoms with Crippen LogP contribution >= 0.6 is 0 Å². The van der Waals surface area contributed by atoms with Gasteiger partial charge in [-0.1, -0.05) is 17.7 Å². The average Bonchev–Trinajstić information content (AvgIpc) is 2.67. The molecule has 2 aliphatic heterocycles. The zero-order chi connectivity index (χ0) is 19.7. The molecule has 0 aromatic heterocycles. The van der Waals surface area contributed by atoms with Crippen molar-refractivity contribution in [1.29, 1.82) is 0 Å². The van der Waals surface area contributed by atoms with Crippen LogP contribution in [0.15, 0.2) is 36.4 Å². The number of carbonyl (C=O) groups is 1. The Labute approximate surface area is 164 Å². The molecule has 28 heavy (non-hydrogen) atoms. The minimum Gasteiger partial charge on any atom is -0.507 e. The molecule has 1 unspecified atom stereocenters. The highest BCUT2D eigenvalue weighted by Crippen LogP contribution is 2.41. The number of Topliss-reactive ketones (excluding diaryl/α,β-unsaturated/α-hetero) is 1. The van der Waals surface area contributed by atoms with E-state index in [1.165, 1.54) is 0 Å². The summed E-state index contributed by atoms with van der Waals surface area (Å²) < 4.78 is 17.5. The fourth-order valence-corrected chi connectivity index (χ4v) is 3.63. The smallest absolute Gasteiger partial charge is 0.174 e. The minimum atomic E-state index is -0.801. The van der Waals surface area contributed by atoms with Gasteiger partial charge in [-0.05, 0) is 26.0 Å². The number of hydrogen-bond acceptors (Lipinski definition) is 6. The van der Waals surface area contributed by atoms with Crippen LogP contribution in [0.1, 0.15) is 29.3 Å². The zero-order valence-electron chi connectivity index (χ0n) is 16.2. The topological polar surface area (TPSA) is 68.2 Å². The highest BCUT2D eigenvalue weighted by Gasteiger charge is 2.39. The van der Waals surface area contributed by atoms with E-state index in [1.54, 1.807) is 6.07 Å². The fraction of sp³-hybridized carbons (Fsp3) is 0.409. The van der Waals surface area contributed by atoms with E-state index in [1.807, 2.05) is 44.2 Å². The van der Waals surface area contributed by atoms with Gasteiger partial charge in [-0.25, -0.2) is 0 Å². The number of phenols is 1. The van der Waals surface area contributed by atoms with E-state index < -0.39 is 5.60 Å². The highest BCUT2D eigenvalue weighted by atomic mass is 16.5. The highest BCUT2D eigenvalue weighted by molar-refractivity contribution is 6.03. The number of aromatic hydroxyl groups is 1. The van der Waals surface area contributed by atoms with Gasteiger partial charge in [0.1, 0.15) is 35.0 Å². The van der Waals surface area contributed by atoms with E-state index in [2.05, 4.69) is 4.90 Å². The molecule has 0 aliphatic carbocycles. The Morgan fingerprint density at radius 3 is 2.61 bits per heavy atom. The molecular weight excluding hydrogens is 358 g/mol. The maximum atomic E-state index is 12.7. The number of ether oxygens (including phenoxy) is 3. The van der Waals surface area contributed by atoms with Crippen LogP contribution in [-0.2, 0) is 4.74 Å². The molecule has 1 saturated heterocycles. The van der Waals surface area contributed by atoms with E-state index >= 15 is 0 Å². The Hall–Kier alpha value is -2.73. The van der Waals surface area contributed by atoms with Gasteiger partial charge in [0.05, 0.1) is 19.6 Å². The van der Waals surface area contributed by atoms with Crippen molar-refractivity contribution in [2.45, 2.75) is 25.9 Å². The number of fused-ring (bicyclic) bond motifs is 1. The summed E-state index contributed by atoms with van der Waals surface area (Å²) in [6.45, 7) is 6.87. The van der Waals surface area contributed by atoms with Crippen LogP contribution in [0, 0.1) is 6.92 Å². The maximum absolute atomic E-state index is 12.7. The first-order valence-electron chi connectivity index (χ1n) is 9.55. The lowest BCUT2D eigenvalue weighted by atomic mass is 9.91. The Bertz CT molecular complexity index is 873. The van der Waals surface area contributed by atoms with Gasteiger partial charge in [0.25, 0.3) is 0 Å². The summed E-state index contributed by atoms with van der Waals surface area (Å²) in [7, 11) is 0. The number of nitrogens with zero attached hydrogens (tertiary/aromatic N) is 1. The number of rotatable bonds is 4. The standard InChI is InChI=1S/C22H25NO5/c1-15-3-5-17(6-4-15)27-14-22(2)13-19(25)21-18(24)11-16(12-20(21)28-22)23-7-9-26-10-8-23/h3-6,11-12,24H,7-10,13-14H2,1-2H3. The summed E-state index contributed by atoms with van der Waals surface area (Å²) in [6.07, 6.45) is 0.149. The van der Waals surface area contributed by atoms with Crippen molar-refractivity contribution in [1.82, 2.24) is 0 Å². The predicted octanol–water partition coefficient (Wildman–Crippen LogP) is 3.34. The van der Waals surface area contributed by atoms with Gasteiger partial charge in [0.2, 0.25) is 0 Å². The number of benzene rings is 2. The average molecular weight is 383 g/mol. The lowest BCUT2D eigenvalue weighted by Gasteiger charge is -2.36. The molecule has 0 saturated carbocycles. The molecule has 0 radical (unpaired) electrons. The van der Waals surface area contributed by atoms with Crippen molar-refractivity contribution < 1.29 is 24.1 Å². The quantitative estimate of drug-likeness (QED) is 0.873. The van der Waals surface area contributed by atoms with Crippen molar-refractivity contribution in [2.75, 3.05) is 37.8 Å². The van der Waals surface area contributed by atoms with E-state index in [-0.39, 0.29) is 30.1 Å². The van der Waals surface area contributed by atoms with Crippen molar-refractivity contribution in [3.05, 3.63) is 47.5 Å². The Kier molecular flexibility index (Phi) is 4.89. The summed E-state index contributed by atoms with van der Waals surface area (Å²) in [4.78, 5) is 14.9. The molecule has 0 spiro atoms. The molecule has 148 valence electrons. The molecule has 6 heteroatoms. The van der Waals surface area contributed by atoms with Crippen LogP contribution in [0.5, 0.6) is 17.2 Å².